The zero-order valence-corrected chi connectivity index (χ0v) is 13.8. The van der Waals surface area contributed by atoms with E-state index in [9.17, 15) is 9.59 Å². The first-order valence-electron chi connectivity index (χ1n) is 7.34. The van der Waals surface area contributed by atoms with Gasteiger partial charge in [0.25, 0.3) is 0 Å². The van der Waals surface area contributed by atoms with Crippen molar-refractivity contribution in [2.24, 2.45) is 0 Å². The molecule has 0 aliphatic rings. The fraction of sp³-hybridized carbons (Fsp3) is 0.222. The Morgan fingerprint density at radius 2 is 1.39 bits per heavy atom. The number of nitrogens with two attached hydrogens (primary N) is 1. The van der Waals surface area contributed by atoms with Gasteiger partial charge in [0.05, 0.1) is 11.4 Å². The average Bonchev–Trinajstić information content (AvgIpc) is 2.45. The summed E-state index contributed by atoms with van der Waals surface area (Å²) in [6.07, 6.45) is 0. The van der Waals surface area contributed by atoms with E-state index in [0.717, 1.165) is 22.3 Å². The van der Waals surface area contributed by atoms with Gasteiger partial charge in [-0.05, 0) is 56.5 Å². The third-order valence-corrected chi connectivity index (χ3v) is 3.58. The van der Waals surface area contributed by atoms with E-state index in [1.165, 1.54) is 0 Å². The van der Waals surface area contributed by atoms with Gasteiger partial charge in [-0.25, -0.2) is 0 Å². The number of carbonyl (C=O) groups is 2. The molecule has 2 aromatic rings. The van der Waals surface area contributed by atoms with Crippen molar-refractivity contribution in [1.82, 2.24) is 0 Å². The summed E-state index contributed by atoms with van der Waals surface area (Å²) in [5, 5.41) is 5.20. The molecule has 0 aliphatic carbocycles. The fourth-order valence-electron chi connectivity index (χ4n) is 2.52. The Morgan fingerprint density at radius 3 is 1.96 bits per heavy atom. The molecule has 0 aromatic heterocycles. The maximum atomic E-state index is 12.1. The van der Waals surface area contributed by atoms with Gasteiger partial charge in [-0.1, -0.05) is 23.8 Å². The standard InChI is InChI=1S/C18H21N3O2/c1-10-5-6-15(14(19)9-10)20-17(22)18(23)21-16-12(3)7-11(2)8-13(16)4/h5-9H,19H2,1-4H3,(H,20,22)(H,21,23). The van der Waals surface area contributed by atoms with E-state index in [4.69, 9.17) is 5.73 Å². The SMILES string of the molecule is Cc1cc(C)c(NC(=O)C(=O)Nc2ccc(C)cc2N)c(C)c1. The molecule has 0 heterocycles. The summed E-state index contributed by atoms with van der Waals surface area (Å²) in [5.74, 6) is -1.47. The Hall–Kier alpha value is -2.82. The molecule has 2 aromatic carbocycles. The van der Waals surface area contributed by atoms with Crippen molar-refractivity contribution in [2.45, 2.75) is 27.7 Å². The number of carbonyl (C=O) groups excluding carboxylic acids is 2. The van der Waals surface area contributed by atoms with Crippen molar-refractivity contribution < 1.29 is 9.59 Å². The van der Waals surface area contributed by atoms with Crippen LogP contribution >= 0.6 is 0 Å². The van der Waals surface area contributed by atoms with Gasteiger partial charge in [-0.3, -0.25) is 9.59 Å². The van der Waals surface area contributed by atoms with Crippen LogP contribution in [0.15, 0.2) is 30.3 Å². The lowest BCUT2D eigenvalue weighted by molar-refractivity contribution is -0.133. The van der Waals surface area contributed by atoms with Crippen LogP contribution in [0.5, 0.6) is 0 Å². The van der Waals surface area contributed by atoms with Gasteiger partial charge in [-0.2, -0.15) is 0 Å². The number of amides is 2. The van der Waals surface area contributed by atoms with Gasteiger partial charge in [0.15, 0.2) is 0 Å². The molecule has 5 nitrogen and oxygen atoms in total. The van der Waals surface area contributed by atoms with Crippen LogP contribution in [0.4, 0.5) is 17.1 Å². The molecule has 0 unspecified atom stereocenters. The Balaban J connectivity index is 2.13. The van der Waals surface area contributed by atoms with Crippen LogP contribution in [-0.4, -0.2) is 11.8 Å². The van der Waals surface area contributed by atoms with Gasteiger partial charge in [0.2, 0.25) is 0 Å². The summed E-state index contributed by atoms with van der Waals surface area (Å²) in [6, 6.07) is 9.15. The smallest absolute Gasteiger partial charge is 0.314 e. The first kappa shape index (κ1) is 16.5. The van der Waals surface area contributed by atoms with Crippen LogP contribution in [-0.2, 0) is 9.59 Å². The van der Waals surface area contributed by atoms with Gasteiger partial charge < -0.3 is 16.4 Å². The monoisotopic (exact) mass is 311 g/mol. The predicted octanol–water partition coefficient (Wildman–Crippen LogP) is 3.08. The maximum Gasteiger partial charge on any atom is 0.314 e. The molecule has 0 spiro atoms. The number of rotatable bonds is 2. The van der Waals surface area contributed by atoms with Crippen molar-refractivity contribution in [1.29, 1.82) is 0 Å². The third-order valence-electron chi connectivity index (χ3n) is 3.58. The van der Waals surface area contributed by atoms with Crippen molar-refractivity contribution in [2.75, 3.05) is 16.4 Å². The zero-order valence-electron chi connectivity index (χ0n) is 13.8. The Morgan fingerprint density at radius 1 is 0.826 bits per heavy atom. The molecule has 5 heteroatoms. The van der Waals surface area contributed by atoms with Crippen LogP contribution in [0.3, 0.4) is 0 Å². The van der Waals surface area contributed by atoms with Crippen LogP contribution in [0.1, 0.15) is 22.3 Å². The second kappa shape index (κ2) is 6.52. The first-order valence-corrected chi connectivity index (χ1v) is 7.34. The summed E-state index contributed by atoms with van der Waals surface area (Å²) in [5.41, 5.74) is 11.3. The summed E-state index contributed by atoms with van der Waals surface area (Å²) < 4.78 is 0. The molecule has 120 valence electrons. The van der Waals surface area contributed by atoms with Crippen molar-refractivity contribution in [3.8, 4) is 0 Å². The predicted molar refractivity (Wildman–Crippen MR) is 93.5 cm³/mol. The molecule has 0 saturated carbocycles. The lowest BCUT2D eigenvalue weighted by Gasteiger charge is -2.13. The molecule has 2 rings (SSSR count). The number of anilines is 3. The summed E-state index contributed by atoms with van der Waals surface area (Å²) in [4.78, 5) is 24.2. The highest BCUT2D eigenvalue weighted by Crippen LogP contribution is 2.22. The molecular formula is C18H21N3O2. The molecule has 4 N–H and O–H groups in total. The number of aryl methyl sites for hydroxylation is 4. The second-order valence-corrected chi connectivity index (χ2v) is 5.77. The Labute approximate surface area is 135 Å². The number of benzene rings is 2. The van der Waals surface area contributed by atoms with E-state index in [0.29, 0.717) is 17.1 Å². The third kappa shape index (κ3) is 3.88. The van der Waals surface area contributed by atoms with Crippen molar-refractivity contribution in [3.05, 3.63) is 52.6 Å². The minimum Gasteiger partial charge on any atom is -0.397 e. The van der Waals surface area contributed by atoms with E-state index in [-0.39, 0.29) is 0 Å². The Bertz CT molecular complexity index is 759. The van der Waals surface area contributed by atoms with Gasteiger partial charge in [-0.15, -0.1) is 0 Å². The van der Waals surface area contributed by atoms with Crippen molar-refractivity contribution >= 4 is 28.9 Å². The molecule has 23 heavy (non-hydrogen) atoms. The van der Waals surface area contributed by atoms with Crippen molar-refractivity contribution in [3.63, 3.8) is 0 Å². The highest BCUT2D eigenvalue weighted by atomic mass is 16.2. The average molecular weight is 311 g/mol. The topological polar surface area (TPSA) is 84.2 Å². The molecule has 0 fully saturated rings. The second-order valence-electron chi connectivity index (χ2n) is 5.77. The van der Waals surface area contributed by atoms with E-state index >= 15 is 0 Å². The quantitative estimate of drug-likeness (QED) is 0.588. The normalized spacial score (nSPS) is 10.3. The highest BCUT2D eigenvalue weighted by molar-refractivity contribution is 6.44. The van der Waals surface area contributed by atoms with E-state index < -0.39 is 11.8 Å². The summed E-state index contributed by atoms with van der Waals surface area (Å²) in [7, 11) is 0. The first-order chi connectivity index (χ1) is 10.8. The van der Waals surface area contributed by atoms with Gasteiger partial charge in [0.1, 0.15) is 0 Å². The zero-order chi connectivity index (χ0) is 17.1. The molecule has 0 saturated heterocycles. The Kier molecular flexibility index (Phi) is 4.69. The lowest BCUT2D eigenvalue weighted by atomic mass is 10.1. The van der Waals surface area contributed by atoms with Gasteiger partial charge >= 0.3 is 11.8 Å². The molecule has 0 aliphatic heterocycles. The number of nitrogen functional groups attached to an aromatic ring is 1. The fourth-order valence-corrected chi connectivity index (χ4v) is 2.52. The largest absolute Gasteiger partial charge is 0.397 e. The minimum absolute atomic E-state index is 0.424. The van der Waals surface area contributed by atoms with Crippen LogP contribution in [0, 0.1) is 27.7 Å². The van der Waals surface area contributed by atoms with Gasteiger partial charge in [0, 0.05) is 5.69 Å². The van der Waals surface area contributed by atoms with Crippen LogP contribution in [0.25, 0.3) is 0 Å². The minimum atomic E-state index is -0.750. The van der Waals surface area contributed by atoms with E-state index in [2.05, 4.69) is 10.6 Å². The summed E-state index contributed by atoms with van der Waals surface area (Å²) >= 11 is 0. The molecule has 0 bridgehead atoms. The molecule has 2 amide bonds. The van der Waals surface area contributed by atoms with Crippen LogP contribution < -0.4 is 16.4 Å². The molecule has 0 radical (unpaired) electrons. The van der Waals surface area contributed by atoms with E-state index in [1.54, 1.807) is 12.1 Å². The maximum absolute atomic E-state index is 12.1. The summed E-state index contributed by atoms with van der Waals surface area (Å²) in [6.45, 7) is 7.67. The highest BCUT2D eigenvalue weighted by Gasteiger charge is 2.17. The number of hydrogen-bond acceptors (Lipinski definition) is 3. The number of nitrogens with one attached hydrogen (secondary N) is 2. The molecular weight excluding hydrogens is 290 g/mol. The number of hydrogen-bond donors (Lipinski definition) is 3. The van der Waals surface area contributed by atoms with Crippen LogP contribution in [0.2, 0.25) is 0 Å². The molecule has 0 atom stereocenters. The lowest BCUT2D eigenvalue weighted by Crippen LogP contribution is -2.30. The van der Waals surface area contributed by atoms with E-state index in [1.807, 2.05) is 45.9 Å².